The lowest BCUT2D eigenvalue weighted by atomic mass is 9.97. The molecule has 3 aromatic rings. The number of carbonyl (C=O) groups is 1. The topological polar surface area (TPSA) is 82.4 Å². The van der Waals surface area contributed by atoms with Crippen LogP contribution in [0.1, 0.15) is 28.4 Å². The molecule has 1 aromatic carbocycles. The minimum Gasteiger partial charge on any atom is -0.493 e. The fourth-order valence-electron chi connectivity index (χ4n) is 3.60. The molecule has 1 atom stereocenters. The molecule has 4 rings (SSSR count). The van der Waals surface area contributed by atoms with Crippen molar-refractivity contribution >= 4 is 5.91 Å². The Morgan fingerprint density at radius 3 is 2.61 bits per heavy atom. The second-order valence-corrected chi connectivity index (χ2v) is 6.57. The quantitative estimate of drug-likeness (QED) is 0.677. The molecule has 1 fully saturated rings. The Morgan fingerprint density at radius 2 is 1.86 bits per heavy atom. The number of carbonyl (C=O) groups excluding carboxylic acids is 1. The van der Waals surface area contributed by atoms with Crippen LogP contribution in [-0.2, 0) is 0 Å². The van der Waals surface area contributed by atoms with E-state index in [0.717, 1.165) is 17.7 Å². The molecular formula is C20H21N5O3. The van der Waals surface area contributed by atoms with Gasteiger partial charge in [0.25, 0.3) is 5.91 Å². The van der Waals surface area contributed by atoms with Gasteiger partial charge in [-0.1, -0.05) is 18.2 Å². The number of pyridine rings is 1. The van der Waals surface area contributed by atoms with Gasteiger partial charge in [0.05, 0.1) is 14.2 Å². The summed E-state index contributed by atoms with van der Waals surface area (Å²) in [5.74, 6) is 2.15. The van der Waals surface area contributed by atoms with Crippen molar-refractivity contribution in [2.75, 3.05) is 27.3 Å². The first kappa shape index (κ1) is 18.0. The predicted octanol–water partition coefficient (Wildman–Crippen LogP) is 2.31. The fourth-order valence-corrected chi connectivity index (χ4v) is 3.60. The molecule has 0 saturated carbocycles. The molecule has 8 nitrogen and oxygen atoms in total. The summed E-state index contributed by atoms with van der Waals surface area (Å²) < 4.78 is 12.6. The Bertz CT molecular complexity index is 974. The number of benzene rings is 1. The Morgan fingerprint density at radius 1 is 1.07 bits per heavy atom. The summed E-state index contributed by atoms with van der Waals surface area (Å²) in [6.45, 7) is 1.28. The van der Waals surface area contributed by atoms with E-state index >= 15 is 0 Å². The highest BCUT2D eigenvalue weighted by atomic mass is 16.5. The molecule has 1 unspecified atom stereocenters. The molecule has 144 valence electrons. The maximum atomic E-state index is 13.0. The van der Waals surface area contributed by atoms with Gasteiger partial charge in [0, 0.05) is 24.6 Å². The fraction of sp³-hybridized carbons (Fsp3) is 0.300. The second-order valence-electron chi connectivity index (χ2n) is 6.57. The molecule has 1 saturated heterocycles. The highest BCUT2D eigenvalue weighted by Crippen LogP contribution is 2.39. The molecule has 0 radical (unpaired) electrons. The maximum absolute atomic E-state index is 13.0. The van der Waals surface area contributed by atoms with Crippen molar-refractivity contribution in [1.29, 1.82) is 0 Å². The Labute approximate surface area is 162 Å². The van der Waals surface area contributed by atoms with Crippen LogP contribution in [0, 0.1) is 0 Å². The number of hydrogen-bond acceptors (Lipinski definition) is 6. The number of para-hydroxylation sites is 1. The van der Waals surface area contributed by atoms with E-state index in [0.29, 0.717) is 30.4 Å². The molecule has 28 heavy (non-hydrogen) atoms. The van der Waals surface area contributed by atoms with Gasteiger partial charge in [-0.05, 0) is 24.6 Å². The Balaban J connectivity index is 1.54. The van der Waals surface area contributed by atoms with Crippen LogP contribution in [0.5, 0.6) is 11.5 Å². The summed E-state index contributed by atoms with van der Waals surface area (Å²) in [6.07, 6.45) is 3.97. The van der Waals surface area contributed by atoms with Gasteiger partial charge in [0.1, 0.15) is 24.2 Å². The van der Waals surface area contributed by atoms with Crippen molar-refractivity contribution in [2.24, 2.45) is 0 Å². The van der Waals surface area contributed by atoms with Gasteiger partial charge in [-0.2, -0.15) is 0 Å². The summed E-state index contributed by atoms with van der Waals surface area (Å²) in [5.41, 5.74) is 1.47. The van der Waals surface area contributed by atoms with E-state index in [-0.39, 0.29) is 11.8 Å². The SMILES string of the molecule is COc1cccc(C2CCN(C(=O)c3cccc(-n4cnnc4)n3)C2)c1OC. The highest BCUT2D eigenvalue weighted by molar-refractivity contribution is 5.92. The molecule has 1 amide bonds. The number of nitrogens with zero attached hydrogens (tertiary/aromatic N) is 5. The summed E-state index contributed by atoms with van der Waals surface area (Å²) >= 11 is 0. The van der Waals surface area contributed by atoms with Gasteiger partial charge >= 0.3 is 0 Å². The zero-order valence-electron chi connectivity index (χ0n) is 15.8. The van der Waals surface area contributed by atoms with Gasteiger partial charge in [-0.25, -0.2) is 4.98 Å². The minimum absolute atomic E-state index is 0.0840. The van der Waals surface area contributed by atoms with E-state index < -0.39 is 0 Å². The van der Waals surface area contributed by atoms with Crippen LogP contribution in [0.25, 0.3) is 5.82 Å². The molecule has 0 N–H and O–H groups in total. The first-order chi connectivity index (χ1) is 13.7. The molecule has 3 heterocycles. The molecule has 1 aliphatic heterocycles. The van der Waals surface area contributed by atoms with E-state index in [1.165, 1.54) is 0 Å². The minimum atomic E-state index is -0.0840. The third kappa shape index (κ3) is 3.28. The van der Waals surface area contributed by atoms with Crippen LogP contribution >= 0.6 is 0 Å². The number of likely N-dealkylation sites (tertiary alicyclic amines) is 1. The van der Waals surface area contributed by atoms with E-state index in [2.05, 4.69) is 15.2 Å². The van der Waals surface area contributed by atoms with Crippen LogP contribution in [-0.4, -0.2) is 57.9 Å². The summed E-state index contributed by atoms with van der Waals surface area (Å²) in [6, 6.07) is 11.2. The number of ether oxygens (including phenoxy) is 2. The lowest BCUT2D eigenvalue weighted by Crippen LogP contribution is -2.29. The first-order valence-corrected chi connectivity index (χ1v) is 9.03. The average molecular weight is 379 g/mol. The summed E-state index contributed by atoms with van der Waals surface area (Å²) in [5, 5.41) is 7.56. The van der Waals surface area contributed by atoms with Crippen LogP contribution in [0.15, 0.2) is 49.1 Å². The van der Waals surface area contributed by atoms with Gasteiger partial charge in [0.15, 0.2) is 11.5 Å². The molecule has 8 heteroatoms. The maximum Gasteiger partial charge on any atom is 0.272 e. The zero-order chi connectivity index (χ0) is 19.5. The van der Waals surface area contributed by atoms with Crippen LogP contribution < -0.4 is 9.47 Å². The van der Waals surface area contributed by atoms with E-state index in [1.54, 1.807) is 37.5 Å². The van der Waals surface area contributed by atoms with Gasteiger partial charge in [-0.3, -0.25) is 9.36 Å². The zero-order valence-corrected chi connectivity index (χ0v) is 15.8. The molecule has 1 aliphatic rings. The molecule has 2 aromatic heterocycles. The largest absolute Gasteiger partial charge is 0.493 e. The van der Waals surface area contributed by atoms with Crippen molar-refractivity contribution in [1.82, 2.24) is 24.6 Å². The van der Waals surface area contributed by atoms with Crippen molar-refractivity contribution in [2.45, 2.75) is 12.3 Å². The van der Waals surface area contributed by atoms with Crippen molar-refractivity contribution in [3.05, 3.63) is 60.3 Å². The number of rotatable bonds is 5. The lowest BCUT2D eigenvalue weighted by Gasteiger charge is -2.19. The number of methoxy groups -OCH3 is 2. The summed E-state index contributed by atoms with van der Waals surface area (Å²) in [4.78, 5) is 19.3. The Hall–Kier alpha value is -3.42. The molecule has 0 bridgehead atoms. The van der Waals surface area contributed by atoms with Crippen LogP contribution in [0.4, 0.5) is 0 Å². The normalized spacial score (nSPS) is 16.2. The third-order valence-corrected chi connectivity index (χ3v) is 4.99. The van der Waals surface area contributed by atoms with E-state index in [1.807, 2.05) is 35.2 Å². The number of amides is 1. The monoisotopic (exact) mass is 379 g/mol. The summed E-state index contributed by atoms with van der Waals surface area (Å²) in [7, 11) is 3.26. The van der Waals surface area contributed by atoms with Crippen molar-refractivity contribution in [3.63, 3.8) is 0 Å². The Kier molecular flexibility index (Phi) is 4.92. The standard InChI is InChI=1S/C20H21N5O3/c1-27-17-7-3-5-15(19(17)28-2)14-9-10-24(11-14)20(26)16-6-4-8-18(23-16)25-12-21-22-13-25/h3-8,12-14H,9-11H2,1-2H3. The predicted molar refractivity (Wildman–Crippen MR) is 102 cm³/mol. The van der Waals surface area contributed by atoms with Gasteiger partial charge < -0.3 is 14.4 Å². The van der Waals surface area contributed by atoms with Gasteiger partial charge in [-0.15, -0.1) is 10.2 Å². The average Bonchev–Trinajstić information content (AvgIpc) is 3.45. The highest BCUT2D eigenvalue weighted by Gasteiger charge is 2.31. The van der Waals surface area contributed by atoms with Crippen LogP contribution in [0.3, 0.4) is 0 Å². The van der Waals surface area contributed by atoms with E-state index in [4.69, 9.17) is 9.47 Å². The number of aromatic nitrogens is 4. The van der Waals surface area contributed by atoms with Crippen molar-refractivity contribution in [3.8, 4) is 17.3 Å². The first-order valence-electron chi connectivity index (χ1n) is 9.03. The van der Waals surface area contributed by atoms with Crippen LogP contribution in [0.2, 0.25) is 0 Å². The smallest absolute Gasteiger partial charge is 0.272 e. The molecule has 0 spiro atoms. The van der Waals surface area contributed by atoms with Gasteiger partial charge in [0.2, 0.25) is 0 Å². The number of hydrogen-bond donors (Lipinski definition) is 0. The van der Waals surface area contributed by atoms with Crippen molar-refractivity contribution < 1.29 is 14.3 Å². The van der Waals surface area contributed by atoms with E-state index in [9.17, 15) is 4.79 Å². The third-order valence-electron chi connectivity index (χ3n) is 4.99. The molecular weight excluding hydrogens is 358 g/mol. The lowest BCUT2D eigenvalue weighted by molar-refractivity contribution is 0.0785. The molecule has 0 aliphatic carbocycles. The second kappa shape index (κ2) is 7.67.